The molecule has 0 bridgehead atoms. The van der Waals surface area contributed by atoms with Gasteiger partial charge in [0, 0.05) is 23.5 Å². The molecular weight excluding hydrogens is 448 g/mol. The molecule has 162 valence electrons. The Labute approximate surface area is 186 Å². The molecule has 0 unspecified atom stereocenters. The molecule has 0 amide bonds. The molecule has 0 saturated carbocycles. The van der Waals surface area contributed by atoms with Crippen LogP contribution >= 0.6 is 23.5 Å². The molecule has 0 fully saturated rings. The Balaban J connectivity index is 1.80. The van der Waals surface area contributed by atoms with Gasteiger partial charge in [-0.05, 0) is 37.1 Å². The number of pyridine rings is 2. The SMILES string of the molecule is COc1ncc(Cl)cc1SNc1ccc(F)c(COc2cnc(N)c(C=N)c2C)c1F. The van der Waals surface area contributed by atoms with Gasteiger partial charge in [0.25, 0.3) is 0 Å². The number of rotatable bonds is 8. The van der Waals surface area contributed by atoms with Crippen molar-refractivity contribution < 1.29 is 18.3 Å². The smallest absolute Gasteiger partial charge is 0.228 e. The Hall–Kier alpha value is -3.11. The molecule has 0 aliphatic heterocycles. The van der Waals surface area contributed by atoms with E-state index in [0.29, 0.717) is 26.9 Å². The third-order valence-corrected chi connectivity index (χ3v) is 5.36. The van der Waals surface area contributed by atoms with Crippen LogP contribution in [0.1, 0.15) is 16.7 Å². The Morgan fingerprint density at radius 1 is 1.29 bits per heavy atom. The average molecular weight is 466 g/mol. The molecule has 0 aliphatic carbocycles. The molecule has 3 rings (SSSR count). The van der Waals surface area contributed by atoms with Crippen molar-refractivity contribution in [3.8, 4) is 11.6 Å². The fraction of sp³-hybridized carbons (Fsp3) is 0.150. The zero-order chi connectivity index (χ0) is 22.5. The Morgan fingerprint density at radius 2 is 2.06 bits per heavy atom. The summed E-state index contributed by atoms with van der Waals surface area (Å²) in [7, 11) is 1.45. The van der Waals surface area contributed by atoms with Gasteiger partial charge in [0.2, 0.25) is 5.88 Å². The minimum atomic E-state index is -0.810. The molecule has 3 aromatic rings. The summed E-state index contributed by atoms with van der Waals surface area (Å²) in [6.07, 6.45) is 3.83. The van der Waals surface area contributed by atoms with Crippen molar-refractivity contribution >= 4 is 41.3 Å². The molecule has 0 atom stereocenters. The van der Waals surface area contributed by atoms with Gasteiger partial charge in [-0.2, -0.15) is 0 Å². The van der Waals surface area contributed by atoms with E-state index in [-0.39, 0.29) is 29.4 Å². The summed E-state index contributed by atoms with van der Waals surface area (Å²) in [5.74, 6) is -0.820. The molecule has 31 heavy (non-hydrogen) atoms. The number of nitrogen functional groups attached to an aromatic ring is 1. The molecule has 2 aromatic heterocycles. The van der Waals surface area contributed by atoms with Crippen LogP contribution in [0.2, 0.25) is 5.02 Å². The zero-order valence-corrected chi connectivity index (χ0v) is 18.1. The van der Waals surface area contributed by atoms with Gasteiger partial charge in [-0.3, -0.25) is 0 Å². The molecule has 4 N–H and O–H groups in total. The van der Waals surface area contributed by atoms with Crippen LogP contribution < -0.4 is 19.9 Å². The van der Waals surface area contributed by atoms with Crippen molar-refractivity contribution in [3.63, 3.8) is 0 Å². The topological polar surface area (TPSA) is 106 Å². The number of anilines is 2. The van der Waals surface area contributed by atoms with Crippen LogP contribution in [0.15, 0.2) is 35.5 Å². The summed E-state index contributed by atoms with van der Waals surface area (Å²) < 4.78 is 42.8. The third kappa shape index (κ3) is 4.97. The largest absolute Gasteiger partial charge is 0.487 e. The number of nitrogens with one attached hydrogen (secondary N) is 2. The minimum Gasteiger partial charge on any atom is -0.487 e. The van der Waals surface area contributed by atoms with Gasteiger partial charge >= 0.3 is 0 Å². The number of benzene rings is 1. The molecule has 0 radical (unpaired) electrons. The maximum absolute atomic E-state index is 15.0. The van der Waals surface area contributed by atoms with Crippen LogP contribution in [0.25, 0.3) is 0 Å². The standard InChI is InChI=1S/C20H18ClF2N5O2S/c1-10-12(6-24)19(25)26-8-16(10)30-9-13-14(22)3-4-15(18(13)23)28-31-17-5-11(21)7-27-20(17)29-2/h3-8,24,28H,9H2,1-2H3,(H2,25,26). The first-order valence-corrected chi connectivity index (χ1v) is 10.0. The van der Waals surface area contributed by atoms with E-state index < -0.39 is 11.6 Å². The number of hydrogen-bond donors (Lipinski definition) is 3. The molecule has 0 aliphatic rings. The van der Waals surface area contributed by atoms with Gasteiger partial charge in [0.1, 0.15) is 24.0 Å². The van der Waals surface area contributed by atoms with E-state index in [1.54, 1.807) is 13.0 Å². The van der Waals surface area contributed by atoms with Gasteiger partial charge in [0.05, 0.1) is 34.5 Å². The first-order valence-electron chi connectivity index (χ1n) is 8.83. The van der Waals surface area contributed by atoms with Crippen molar-refractivity contribution in [2.45, 2.75) is 18.4 Å². The van der Waals surface area contributed by atoms with E-state index in [4.69, 9.17) is 32.2 Å². The van der Waals surface area contributed by atoms with E-state index >= 15 is 0 Å². The highest BCUT2D eigenvalue weighted by molar-refractivity contribution is 8.00. The lowest BCUT2D eigenvalue weighted by Gasteiger charge is -2.15. The molecule has 2 heterocycles. The normalized spacial score (nSPS) is 10.6. The van der Waals surface area contributed by atoms with Crippen LogP contribution in [-0.2, 0) is 6.61 Å². The third-order valence-electron chi connectivity index (χ3n) is 4.32. The summed E-state index contributed by atoms with van der Waals surface area (Å²) in [4.78, 5) is 8.50. The second-order valence-corrected chi connectivity index (χ2v) is 7.52. The van der Waals surface area contributed by atoms with Gasteiger partial charge in [-0.25, -0.2) is 18.7 Å². The van der Waals surface area contributed by atoms with Gasteiger partial charge in [-0.15, -0.1) is 0 Å². The number of nitrogens with zero attached hydrogens (tertiary/aromatic N) is 2. The van der Waals surface area contributed by atoms with Crippen molar-refractivity contribution in [1.29, 1.82) is 5.41 Å². The van der Waals surface area contributed by atoms with E-state index in [9.17, 15) is 8.78 Å². The quantitative estimate of drug-likeness (QED) is 0.317. The number of hydrogen-bond acceptors (Lipinski definition) is 8. The summed E-state index contributed by atoms with van der Waals surface area (Å²) in [6.45, 7) is 1.30. The number of nitrogens with two attached hydrogens (primary N) is 1. The first-order chi connectivity index (χ1) is 14.8. The Morgan fingerprint density at radius 3 is 2.77 bits per heavy atom. The molecule has 7 nitrogen and oxygen atoms in total. The summed E-state index contributed by atoms with van der Waals surface area (Å²) in [5, 5.41) is 7.81. The van der Waals surface area contributed by atoms with Crippen molar-refractivity contribution in [2.24, 2.45) is 0 Å². The highest BCUT2D eigenvalue weighted by Gasteiger charge is 2.17. The predicted molar refractivity (Wildman–Crippen MR) is 117 cm³/mol. The Kier molecular flexibility index (Phi) is 7.13. The number of aromatic nitrogens is 2. The van der Waals surface area contributed by atoms with Gasteiger partial charge < -0.3 is 25.3 Å². The highest BCUT2D eigenvalue weighted by atomic mass is 35.5. The monoisotopic (exact) mass is 465 g/mol. The molecule has 1 aromatic carbocycles. The van der Waals surface area contributed by atoms with Gasteiger partial charge in [-0.1, -0.05) is 11.6 Å². The van der Waals surface area contributed by atoms with Crippen LogP contribution in [0, 0.1) is 24.0 Å². The van der Waals surface area contributed by atoms with Crippen molar-refractivity contribution in [2.75, 3.05) is 17.6 Å². The number of halogens is 3. The van der Waals surface area contributed by atoms with E-state index in [2.05, 4.69) is 14.7 Å². The minimum absolute atomic E-state index is 0.0411. The first kappa shape index (κ1) is 22.6. The highest BCUT2D eigenvalue weighted by Crippen LogP contribution is 2.33. The predicted octanol–water partition coefficient (Wildman–Crippen LogP) is 5.00. The van der Waals surface area contributed by atoms with Crippen LogP contribution in [0.4, 0.5) is 20.3 Å². The van der Waals surface area contributed by atoms with Crippen LogP contribution in [-0.4, -0.2) is 23.3 Å². The summed E-state index contributed by atoms with van der Waals surface area (Å²) >= 11 is 6.97. The van der Waals surface area contributed by atoms with Crippen molar-refractivity contribution in [3.05, 3.63) is 63.9 Å². The zero-order valence-electron chi connectivity index (χ0n) is 16.5. The van der Waals surface area contributed by atoms with E-state index in [1.165, 1.54) is 25.6 Å². The van der Waals surface area contributed by atoms with Gasteiger partial charge in [0.15, 0.2) is 5.82 Å². The summed E-state index contributed by atoms with van der Waals surface area (Å²) in [5.41, 5.74) is 6.42. The van der Waals surface area contributed by atoms with Crippen LogP contribution in [0.5, 0.6) is 11.6 Å². The second kappa shape index (κ2) is 9.80. The Bertz CT molecular complexity index is 1130. The lowest BCUT2D eigenvalue weighted by Crippen LogP contribution is -2.07. The maximum Gasteiger partial charge on any atom is 0.228 e. The van der Waals surface area contributed by atoms with Crippen LogP contribution in [0.3, 0.4) is 0 Å². The lowest BCUT2D eigenvalue weighted by atomic mass is 10.1. The van der Waals surface area contributed by atoms with Crippen molar-refractivity contribution in [1.82, 2.24) is 9.97 Å². The number of methoxy groups -OCH3 is 1. The van der Waals surface area contributed by atoms with E-state index in [0.717, 1.165) is 24.2 Å². The number of ether oxygens (including phenoxy) is 2. The summed E-state index contributed by atoms with van der Waals surface area (Å²) in [6, 6.07) is 4.01. The fourth-order valence-corrected chi connectivity index (χ4v) is 3.66. The molecule has 11 heteroatoms. The molecule has 0 saturated heterocycles. The molecular formula is C20H18ClF2N5O2S. The fourth-order valence-electron chi connectivity index (χ4n) is 2.65. The maximum atomic E-state index is 15.0. The second-order valence-electron chi connectivity index (χ2n) is 6.23. The molecule has 0 spiro atoms. The average Bonchev–Trinajstić information content (AvgIpc) is 2.75. The lowest BCUT2D eigenvalue weighted by molar-refractivity contribution is 0.290. The van der Waals surface area contributed by atoms with E-state index in [1.807, 2.05) is 0 Å².